The van der Waals surface area contributed by atoms with E-state index in [4.69, 9.17) is 4.74 Å². The third kappa shape index (κ3) is 2.28. The molecule has 0 bridgehead atoms. The van der Waals surface area contributed by atoms with Crippen molar-refractivity contribution < 1.29 is 14.3 Å². The number of ether oxygens (including phenoxy) is 1. The summed E-state index contributed by atoms with van der Waals surface area (Å²) in [5, 5.41) is 2.80. The van der Waals surface area contributed by atoms with Crippen molar-refractivity contribution in [3.63, 3.8) is 0 Å². The molecule has 5 heteroatoms. The van der Waals surface area contributed by atoms with E-state index in [9.17, 15) is 9.59 Å². The van der Waals surface area contributed by atoms with Crippen LogP contribution in [0.4, 0.5) is 5.69 Å². The van der Waals surface area contributed by atoms with E-state index in [1.54, 1.807) is 18.1 Å². The second-order valence-electron chi connectivity index (χ2n) is 5.01. The van der Waals surface area contributed by atoms with Crippen LogP contribution in [0, 0.1) is 5.92 Å². The average Bonchev–Trinajstić information content (AvgIpc) is 3.25. The van der Waals surface area contributed by atoms with E-state index < -0.39 is 0 Å². The lowest BCUT2D eigenvalue weighted by Crippen LogP contribution is -2.59. The Kier molecular flexibility index (Phi) is 2.89. The molecule has 2 amide bonds. The van der Waals surface area contributed by atoms with Gasteiger partial charge in [0.25, 0.3) is 0 Å². The quantitative estimate of drug-likeness (QED) is 0.879. The van der Waals surface area contributed by atoms with Crippen molar-refractivity contribution in [3.05, 3.63) is 24.3 Å². The molecule has 3 rings (SSSR count). The average molecular weight is 260 g/mol. The minimum absolute atomic E-state index is 0.0182. The number of nitrogens with zero attached hydrogens (tertiary/aromatic N) is 1. The van der Waals surface area contributed by atoms with Crippen molar-refractivity contribution in [2.24, 2.45) is 5.92 Å². The molecule has 0 radical (unpaired) electrons. The smallest absolute Gasteiger partial charge is 0.250 e. The number of piperazine rings is 1. The molecule has 2 fully saturated rings. The lowest BCUT2D eigenvalue weighted by Gasteiger charge is -2.32. The summed E-state index contributed by atoms with van der Waals surface area (Å²) in [5.74, 6) is 0.874. The number of hydrogen-bond donors (Lipinski definition) is 1. The molecule has 2 aliphatic rings. The van der Waals surface area contributed by atoms with E-state index >= 15 is 0 Å². The molecule has 1 atom stereocenters. The van der Waals surface area contributed by atoms with E-state index in [1.807, 2.05) is 18.2 Å². The number of carbonyl (C=O) groups excluding carboxylic acids is 2. The Bertz CT molecular complexity index is 525. The third-order valence-corrected chi connectivity index (χ3v) is 3.61. The van der Waals surface area contributed by atoms with Crippen LogP contribution in [0.2, 0.25) is 0 Å². The highest BCUT2D eigenvalue weighted by Gasteiger charge is 2.43. The van der Waals surface area contributed by atoms with E-state index in [2.05, 4.69) is 5.32 Å². The van der Waals surface area contributed by atoms with Gasteiger partial charge in [0.1, 0.15) is 18.3 Å². The van der Waals surface area contributed by atoms with Crippen molar-refractivity contribution >= 4 is 17.5 Å². The Morgan fingerprint density at radius 1 is 1.32 bits per heavy atom. The summed E-state index contributed by atoms with van der Waals surface area (Å²) in [6, 6.07) is 6.88. The van der Waals surface area contributed by atoms with Crippen molar-refractivity contribution in [1.82, 2.24) is 5.32 Å². The van der Waals surface area contributed by atoms with Gasteiger partial charge in [-0.25, -0.2) is 0 Å². The van der Waals surface area contributed by atoms with Crippen LogP contribution in [0.25, 0.3) is 0 Å². The largest absolute Gasteiger partial charge is 0.497 e. The van der Waals surface area contributed by atoms with Crippen LogP contribution in [0.5, 0.6) is 5.75 Å². The first-order valence-corrected chi connectivity index (χ1v) is 6.44. The topological polar surface area (TPSA) is 58.6 Å². The molecule has 1 aliphatic carbocycles. The highest BCUT2D eigenvalue weighted by molar-refractivity contribution is 6.06. The van der Waals surface area contributed by atoms with Gasteiger partial charge in [-0.2, -0.15) is 0 Å². The first-order valence-electron chi connectivity index (χ1n) is 6.44. The number of methoxy groups -OCH3 is 1. The van der Waals surface area contributed by atoms with Crippen molar-refractivity contribution in [2.75, 3.05) is 18.6 Å². The highest BCUT2D eigenvalue weighted by Crippen LogP contribution is 2.35. The van der Waals surface area contributed by atoms with Gasteiger partial charge in [-0.05, 0) is 30.9 Å². The standard InChI is InChI=1S/C14H16N2O3/c1-19-11-4-2-3-10(7-11)16-8-12(17)15-13(14(16)18)9-5-6-9/h2-4,7,9,13H,5-6,8H2,1H3,(H,15,17). The molecule has 0 aromatic heterocycles. The SMILES string of the molecule is COc1cccc(N2CC(=O)NC(C3CC3)C2=O)c1. The van der Waals surface area contributed by atoms with E-state index in [-0.39, 0.29) is 24.4 Å². The maximum absolute atomic E-state index is 12.4. The molecule has 100 valence electrons. The van der Waals surface area contributed by atoms with Gasteiger partial charge in [-0.1, -0.05) is 6.07 Å². The number of amides is 2. The molecule has 1 saturated carbocycles. The Morgan fingerprint density at radius 3 is 2.79 bits per heavy atom. The van der Waals surface area contributed by atoms with Crippen molar-refractivity contribution in [3.8, 4) is 5.75 Å². The van der Waals surface area contributed by atoms with Crippen molar-refractivity contribution in [2.45, 2.75) is 18.9 Å². The Labute approximate surface area is 111 Å². The summed E-state index contributed by atoms with van der Waals surface area (Å²) in [6.07, 6.45) is 2.03. The van der Waals surface area contributed by atoms with E-state index in [0.717, 1.165) is 12.8 Å². The zero-order valence-electron chi connectivity index (χ0n) is 10.8. The van der Waals surface area contributed by atoms with Crippen LogP contribution in [0.1, 0.15) is 12.8 Å². The zero-order valence-corrected chi connectivity index (χ0v) is 10.8. The molecule has 1 aromatic carbocycles. The van der Waals surface area contributed by atoms with Crippen LogP contribution >= 0.6 is 0 Å². The number of rotatable bonds is 3. The Hall–Kier alpha value is -2.04. The molecule has 1 aromatic rings. The minimum atomic E-state index is -0.354. The summed E-state index contributed by atoms with van der Waals surface area (Å²) >= 11 is 0. The predicted molar refractivity (Wildman–Crippen MR) is 70.0 cm³/mol. The van der Waals surface area contributed by atoms with Gasteiger partial charge in [-0.3, -0.25) is 9.59 Å². The zero-order chi connectivity index (χ0) is 13.4. The lowest BCUT2D eigenvalue weighted by atomic mass is 10.1. The molecule has 1 saturated heterocycles. The summed E-state index contributed by atoms with van der Waals surface area (Å²) in [4.78, 5) is 25.7. The second-order valence-corrected chi connectivity index (χ2v) is 5.01. The fourth-order valence-corrected chi connectivity index (χ4v) is 2.42. The first-order chi connectivity index (χ1) is 9.19. The molecule has 1 aliphatic heterocycles. The maximum Gasteiger partial charge on any atom is 0.250 e. The van der Waals surface area contributed by atoms with Gasteiger partial charge in [-0.15, -0.1) is 0 Å². The number of nitrogens with one attached hydrogen (secondary N) is 1. The number of anilines is 1. The fraction of sp³-hybridized carbons (Fsp3) is 0.429. The Morgan fingerprint density at radius 2 is 2.11 bits per heavy atom. The Balaban J connectivity index is 1.88. The van der Waals surface area contributed by atoms with E-state index in [0.29, 0.717) is 17.4 Å². The summed E-state index contributed by atoms with van der Waals surface area (Å²) in [7, 11) is 1.58. The van der Waals surface area contributed by atoms with Gasteiger partial charge < -0.3 is 15.0 Å². The second kappa shape index (κ2) is 4.57. The molecular formula is C14H16N2O3. The number of benzene rings is 1. The van der Waals surface area contributed by atoms with Gasteiger partial charge in [0.05, 0.1) is 7.11 Å². The molecule has 1 heterocycles. The summed E-state index contributed by atoms with van der Waals surface area (Å²) in [5.41, 5.74) is 0.713. The molecular weight excluding hydrogens is 244 g/mol. The lowest BCUT2D eigenvalue weighted by molar-refractivity contribution is -0.131. The molecule has 1 N–H and O–H groups in total. The maximum atomic E-state index is 12.4. The van der Waals surface area contributed by atoms with Crippen molar-refractivity contribution in [1.29, 1.82) is 0 Å². The molecule has 5 nitrogen and oxygen atoms in total. The van der Waals surface area contributed by atoms with Crippen LogP contribution in [0.15, 0.2) is 24.3 Å². The highest BCUT2D eigenvalue weighted by atomic mass is 16.5. The van der Waals surface area contributed by atoms with Crippen LogP contribution in [-0.2, 0) is 9.59 Å². The van der Waals surface area contributed by atoms with Crippen LogP contribution < -0.4 is 15.0 Å². The van der Waals surface area contributed by atoms with Gasteiger partial charge >= 0.3 is 0 Å². The monoisotopic (exact) mass is 260 g/mol. The third-order valence-electron chi connectivity index (χ3n) is 3.61. The van der Waals surface area contributed by atoms with E-state index in [1.165, 1.54) is 0 Å². The number of hydrogen-bond acceptors (Lipinski definition) is 3. The van der Waals surface area contributed by atoms with Crippen LogP contribution in [-0.4, -0.2) is 31.5 Å². The molecule has 1 unspecified atom stereocenters. The fourth-order valence-electron chi connectivity index (χ4n) is 2.42. The summed E-state index contributed by atoms with van der Waals surface area (Å²) < 4.78 is 5.16. The first kappa shape index (κ1) is 12.0. The number of carbonyl (C=O) groups is 2. The summed E-state index contributed by atoms with van der Waals surface area (Å²) in [6.45, 7) is 0.0786. The van der Waals surface area contributed by atoms with Gasteiger partial charge in [0, 0.05) is 11.8 Å². The normalized spacial score (nSPS) is 23.2. The molecule has 19 heavy (non-hydrogen) atoms. The van der Waals surface area contributed by atoms with Gasteiger partial charge in [0.2, 0.25) is 11.8 Å². The van der Waals surface area contributed by atoms with Crippen LogP contribution in [0.3, 0.4) is 0 Å². The predicted octanol–water partition coefficient (Wildman–Crippen LogP) is 0.937. The van der Waals surface area contributed by atoms with Gasteiger partial charge in [0.15, 0.2) is 0 Å². The minimum Gasteiger partial charge on any atom is -0.497 e. The molecule has 0 spiro atoms.